The van der Waals surface area contributed by atoms with Crippen LogP contribution >= 0.6 is 0 Å². The molecule has 0 unspecified atom stereocenters. The Morgan fingerprint density at radius 1 is 1.00 bits per heavy atom. The van der Waals surface area contributed by atoms with Crippen LogP contribution in [0.2, 0.25) is 0 Å². The van der Waals surface area contributed by atoms with Crippen LogP contribution in [0.4, 0.5) is 5.69 Å². The number of rotatable bonds is 7. The fourth-order valence-corrected chi connectivity index (χ4v) is 4.59. The molecule has 2 aromatic rings. The van der Waals surface area contributed by atoms with E-state index in [4.69, 9.17) is 0 Å². The molecule has 2 heterocycles. The van der Waals surface area contributed by atoms with Gasteiger partial charge in [-0.25, -0.2) is 0 Å². The zero-order valence-electron chi connectivity index (χ0n) is 18.2. The van der Waals surface area contributed by atoms with Gasteiger partial charge in [0.1, 0.15) is 0 Å². The maximum atomic E-state index is 12.6. The molecule has 2 aromatic carbocycles. The molecule has 31 heavy (non-hydrogen) atoms. The van der Waals surface area contributed by atoms with E-state index in [0.29, 0.717) is 19.1 Å². The highest BCUT2D eigenvalue weighted by Crippen LogP contribution is 2.26. The standard InChI is InChI=1S/C25H32N4O2/c1-27-15-16-28(23(19-27)20-9-4-2-5-10-20)14-8-13-26-25(31)21-17-24(30)29(18-21)22-11-6-3-7-12-22/h2-7,9-12,21,23H,8,13-19H2,1H3,(H,26,31)/t21-,23-/m0/s1. The van der Waals surface area contributed by atoms with Gasteiger partial charge in [0, 0.05) is 57.4 Å². The van der Waals surface area contributed by atoms with Crippen LogP contribution in [0.25, 0.3) is 0 Å². The van der Waals surface area contributed by atoms with Crippen LogP contribution in [0, 0.1) is 5.92 Å². The normalized spacial score (nSPS) is 22.6. The van der Waals surface area contributed by atoms with E-state index in [2.05, 4.69) is 52.5 Å². The van der Waals surface area contributed by atoms with Crippen molar-refractivity contribution in [1.29, 1.82) is 0 Å². The first-order valence-electron chi connectivity index (χ1n) is 11.2. The number of likely N-dealkylation sites (N-methyl/N-ethyl adjacent to an activating group) is 1. The molecule has 1 N–H and O–H groups in total. The summed E-state index contributed by atoms with van der Waals surface area (Å²) < 4.78 is 0. The summed E-state index contributed by atoms with van der Waals surface area (Å²) in [6, 6.07) is 20.6. The Morgan fingerprint density at radius 2 is 1.71 bits per heavy atom. The molecule has 2 aliphatic rings. The summed E-state index contributed by atoms with van der Waals surface area (Å²) in [4.78, 5) is 31.6. The molecule has 2 atom stereocenters. The molecule has 2 fully saturated rings. The van der Waals surface area contributed by atoms with Crippen molar-refractivity contribution in [2.24, 2.45) is 5.92 Å². The lowest BCUT2D eigenvalue weighted by Crippen LogP contribution is -2.47. The van der Waals surface area contributed by atoms with Crippen molar-refractivity contribution in [1.82, 2.24) is 15.1 Å². The van der Waals surface area contributed by atoms with Gasteiger partial charge in [0.05, 0.1) is 5.92 Å². The highest BCUT2D eigenvalue weighted by atomic mass is 16.2. The Hall–Kier alpha value is -2.70. The number of para-hydroxylation sites is 1. The minimum Gasteiger partial charge on any atom is -0.356 e. The molecule has 0 aromatic heterocycles. The second-order valence-corrected chi connectivity index (χ2v) is 8.61. The smallest absolute Gasteiger partial charge is 0.227 e. The molecule has 0 aliphatic carbocycles. The third-order valence-electron chi connectivity index (χ3n) is 6.36. The number of carbonyl (C=O) groups is 2. The minimum absolute atomic E-state index is 0.00947. The molecule has 0 radical (unpaired) electrons. The largest absolute Gasteiger partial charge is 0.356 e. The summed E-state index contributed by atoms with van der Waals surface area (Å²) >= 11 is 0. The van der Waals surface area contributed by atoms with Crippen LogP contribution in [0.1, 0.15) is 24.4 Å². The van der Waals surface area contributed by atoms with Crippen LogP contribution in [-0.2, 0) is 9.59 Å². The molecule has 4 rings (SSSR count). The van der Waals surface area contributed by atoms with E-state index < -0.39 is 0 Å². The van der Waals surface area contributed by atoms with Crippen molar-refractivity contribution in [2.45, 2.75) is 18.9 Å². The van der Waals surface area contributed by atoms with Gasteiger partial charge in [0.2, 0.25) is 11.8 Å². The summed E-state index contributed by atoms with van der Waals surface area (Å²) in [5.41, 5.74) is 2.22. The third kappa shape index (κ3) is 5.32. The fourth-order valence-electron chi connectivity index (χ4n) is 4.59. The zero-order chi connectivity index (χ0) is 21.6. The van der Waals surface area contributed by atoms with Crippen molar-refractivity contribution in [3.8, 4) is 0 Å². The second kappa shape index (κ2) is 10.1. The highest BCUT2D eigenvalue weighted by molar-refractivity contribution is 6.00. The Morgan fingerprint density at radius 3 is 2.45 bits per heavy atom. The Bertz CT molecular complexity index is 874. The number of piperazine rings is 1. The lowest BCUT2D eigenvalue weighted by atomic mass is 10.0. The van der Waals surface area contributed by atoms with Crippen molar-refractivity contribution in [3.63, 3.8) is 0 Å². The first-order valence-corrected chi connectivity index (χ1v) is 11.2. The second-order valence-electron chi connectivity index (χ2n) is 8.61. The van der Waals surface area contributed by atoms with E-state index in [1.165, 1.54) is 5.56 Å². The average molecular weight is 421 g/mol. The molecule has 2 amide bonds. The van der Waals surface area contributed by atoms with Gasteiger partial charge >= 0.3 is 0 Å². The van der Waals surface area contributed by atoms with E-state index in [-0.39, 0.29) is 24.2 Å². The quantitative estimate of drug-likeness (QED) is 0.700. The number of carbonyl (C=O) groups excluding carboxylic acids is 2. The van der Waals surface area contributed by atoms with Gasteiger partial charge in [-0.05, 0) is 31.2 Å². The number of nitrogens with one attached hydrogen (secondary N) is 1. The first kappa shape index (κ1) is 21.5. The van der Waals surface area contributed by atoms with Crippen molar-refractivity contribution < 1.29 is 9.59 Å². The van der Waals surface area contributed by atoms with Crippen molar-refractivity contribution in [3.05, 3.63) is 66.2 Å². The third-order valence-corrected chi connectivity index (χ3v) is 6.36. The van der Waals surface area contributed by atoms with Crippen LogP contribution < -0.4 is 10.2 Å². The number of nitrogens with zero attached hydrogens (tertiary/aromatic N) is 3. The minimum atomic E-state index is -0.270. The maximum Gasteiger partial charge on any atom is 0.227 e. The van der Waals surface area contributed by atoms with Crippen molar-refractivity contribution in [2.75, 3.05) is 51.2 Å². The van der Waals surface area contributed by atoms with Gasteiger partial charge in [0.15, 0.2) is 0 Å². The van der Waals surface area contributed by atoms with E-state index >= 15 is 0 Å². The predicted molar refractivity (Wildman–Crippen MR) is 123 cm³/mol. The highest BCUT2D eigenvalue weighted by Gasteiger charge is 2.35. The summed E-state index contributed by atoms with van der Waals surface area (Å²) in [6.07, 6.45) is 1.19. The molecule has 164 valence electrons. The Kier molecular flexibility index (Phi) is 6.99. The summed E-state index contributed by atoms with van der Waals surface area (Å²) in [5.74, 6) is -0.257. The predicted octanol–water partition coefficient (Wildman–Crippen LogP) is 2.53. The number of amides is 2. The molecule has 0 bridgehead atoms. The summed E-state index contributed by atoms with van der Waals surface area (Å²) in [7, 11) is 2.18. The van der Waals surface area contributed by atoms with Gasteiger partial charge in [-0.3, -0.25) is 14.5 Å². The van der Waals surface area contributed by atoms with Crippen LogP contribution in [0.3, 0.4) is 0 Å². The molecule has 6 heteroatoms. The number of benzene rings is 2. The van der Waals surface area contributed by atoms with Gasteiger partial charge in [-0.15, -0.1) is 0 Å². The molecular formula is C25H32N4O2. The molecule has 0 saturated carbocycles. The van der Waals surface area contributed by atoms with Crippen molar-refractivity contribution >= 4 is 17.5 Å². The van der Waals surface area contributed by atoms with E-state index in [0.717, 1.165) is 38.3 Å². The van der Waals surface area contributed by atoms with E-state index in [1.807, 2.05) is 30.3 Å². The molecular weight excluding hydrogens is 388 g/mol. The zero-order valence-corrected chi connectivity index (χ0v) is 18.2. The maximum absolute atomic E-state index is 12.6. The Labute approximate surface area is 184 Å². The summed E-state index contributed by atoms with van der Waals surface area (Å²) in [6.45, 7) is 5.18. The fraction of sp³-hybridized carbons (Fsp3) is 0.440. The van der Waals surface area contributed by atoms with E-state index in [1.54, 1.807) is 4.90 Å². The Balaban J connectivity index is 1.25. The van der Waals surface area contributed by atoms with Crippen LogP contribution in [0.5, 0.6) is 0 Å². The van der Waals surface area contributed by atoms with Crippen LogP contribution in [0.15, 0.2) is 60.7 Å². The summed E-state index contributed by atoms with van der Waals surface area (Å²) in [5, 5.41) is 3.07. The number of hydrogen-bond donors (Lipinski definition) is 1. The van der Waals surface area contributed by atoms with E-state index in [9.17, 15) is 9.59 Å². The topological polar surface area (TPSA) is 55.9 Å². The van der Waals surface area contributed by atoms with Gasteiger partial charge in [-0.2, -0.15) is 0 Å². The SMILES string of the molecule is CN1CCN(CCCNC(=O)[C@H]2CC(=O)N(c3ccccc3)C2)[C@H](c2ccccc2)C1. The monoisotopic (exact) mass is 420 g/mol. The molecule has 2 aliphatic heterocycles. The first-order chi connectivity index (χ1) is 15.1. The molecule has 0 spiro atoms. The lowest BCUT2D eigenvalue weighted by molar-refractivity contribution is -0.126. The number of anilines is 1. The lowest BCUT2D eigenvalue weighted by Gasteiger charge is -2.40. The number of hydrogen-bond acceptors (Lipinski definition) is 4. The van der Waals surface area contributed by atoms with Crippen LogP contribution in [-0.4, -0.2) is 67.9 Å². The molecule has 6 nitrogen and oxygen atoms in total. The van der Waals surface area contributed by atoms with Gasteiger partial charge in [0.25, 0.3) is 0 Å². The average Bonchev–Trinajstić information content (AvgIpc) is 3.20. The molecule has 2 saturated heterocycles. The van der Waals surface area contributed by atoms with Gasteiger partial charge in [-0.1, -0.05) is 48.5 Å². The van der Waals surface area contributed by atoms with Gasteiger partial charge < -0.3 is 15.1 Å².